The van der Waals surface area contributed by atoms with E-state index in [-0.39, 0.29) is 23.9 Å². The lowest BCUT2D eigenvalue weighted by molar-refractivity contribution is -0.122. The van der Waals surface area contributed by atoms with Crippen LogP contribution in [-0.4, -0.2) is 47.2 Å². The van der Waals surface area contributed by atoms with Crippen molar-refractivity contribution in [2.24, 2.45) is 5.92 Å². The zero-order chi connectivity index (χ0) is 31.8. The standard InChI is InChI=1S/C32H26ClN3O7S2/c1-3-43-31(40)18-4-10-20(11-5-18)34-23(37)16-35-30-27(45-32(35)41)24(17-6-14-22(42-2)15-7-17)25-26(44-30)29(39)36(28(25)38)21-12-8-19(33)9-13-21/h4-15,24-26H,3,16H2,1-2H3,(H,34,37)/t24-,25+,26-/m0/s1. The Hall–Kier alpha value is -4.39. The van der Waals surface area contributed by atoms with Crippen LogP contribution in [0.25, 0.3) is 0 Å². The molecular weight excluding hydrogens is 638 g/mol. The number of halogens is 1. The highest BCUT2D eigenvalue weighted by molar-refractivity contribution is 8.00. The Labute approximate surface area is 270 Å². The summed E-state index contributed by atoms with van der Waals surface area (Å²) in [6.45, 7) is 1.65. The zero-order valence-corrected chi connectivity index (χ0v) is 26.4. The maximum atomic E-state index is 14.0. The Morgan fingerprint density at radius 3 is 2.27 bits per heavy atom. The van der Waals surface area contributed by atoms with Crippen molar-refractivity contribution in [3.05, 3.63) is 103 Å². The number of carbonyl (C=O) groups is 4. The number of thioether (sulfide) groups is 1. The molecule has 3 heterocycles. The largest absolute Gasteiger partial charge is 0.497 e. The highest BCUT2D eigenvalue weighted by Gasteiger charge is 2.56. The lowest BCUT2D eigenvalue weighted by Gasteiger charge is -2.30. The summed E-state index contributed by atoms with van der Waals surface area (Å²) in [7, 11) is 1.55. The van der Waals surface area contributed by atoms with Crippen LogP contribution in [0, 0.1) is 5.92 Å². The summed E-state index contributed by atoms with van der Waals surface area (Å²) in [6.07, 6.45) is 0. The fourth-order valence-electron chi connectivity index (χ4n) is 5.52. The van der Waals surface area contributed by atoms with Crippen molar-refractivity contribution in [2.75, 3.05) is 23.9 Å². The number of nitrogens with one attached hydrogen (secondary N) is 1. The third-order valence-corrected chi connectivity index (χ3v) is 10.4. The number of fused-ring (bicyclic) bond motifs is 2. The highest BCUT2D eigenvalue weighted by Crippen LogP contribution is 2.54. The number of hydrogen-bond acceptors (Lipinski definition) is 9. The highest BCUT2D eigenvalue weighted by atomic mass is 35.5. The van der Waals surface area contributed by atoms with Crippen molar-refractivity contribution in [1.29, 1.82) is 0 Å². The van der Waals surface area contributed by atoms with Gasteiger partial charge in [0, 0.05) is 21.5 Å². The van der Waals surface area contributed by atoms with Gasteiger partial charge in [0.15, 0.2) is 0 Å². The van der Waals surface area contributed by atoms with Crippen LogP contribution in [0.3, 0.4) is 0 Å². The number of nitrogens with zero attached hydrogens (tertiary/aromatic N) is 2. The number of anilines is 2. The smallest absolute Gasteiger partial charge is 0.338 e. The molecule has 13 heteroatoms. The van der Waals surface area contributed by atoms with E-state index in [1.165, 1.54) is 21.6 Å². The predicted octanol–water partition coefficient (Wildman–Crippen LogP) is 5.18. The molecule has 3 aromatic carbocycles. The summed E-state index contributed by atoms with van der Waals surface area (Å²) >= 11 is 8.15. The van der Waals surface area contributed by atoms with Crippen molar-refractivity contribution >= 4 is 69.8 Å². The topological polar surface area (TPSA) is 124 Å². The maximum absolute atomic E-state index is 14.0. The molecule has 2 aliphatic heterocycles. The van der Waals surface area contributed by atoms with E-state index >= 15 is 0 Å². The molecule has 2 aliphatic rings. The number of imide groups is 1. The van der Waals surface area contributed by atoms with E-state index in [1.807, 2.05) is 12.1 Å². The van der Waals surface area contributed by atoms with Crippen molar-refractivity contribution in [3.8, 4) is 5.75 Å². The Balaban J connectivity index is 1.34. The minimum absolute atomic E-state index is 0.245. The average molecular weight is 664 g/mol. The first kappa shape index (κ1) is 30.6. The number of aromatic nitrogens is 1. The molecule has 45 heavy (non-hydrogen) atoms. The Morgan fingerprint density at radius 1 is 0.933 bits per heavy atom. The van der Waals surface area contributed by atoms with Crippen LogP contribution in [0.2, 0.25) is 5.02 Å². The fourth-order valence-corrected chi connectivity index (χ4v) is 8.42. The number of carbonyl (C=O) groups excluding carboxylic acids is 4. The molecule has 3 amide bonds. The molecule has 4 aromatic rings. The molecule has 0 unspecified atom stereocenters. The number of thiazole rings is 1. The number of amides is 3. The molecule has 0 saturated carbocycles. The van der Waals surface area contributed by atoms with Crippen LogP contribution in [0.4, 0.5) is 11.4 Å². The monoisotopic (exact) mass is 663 g/mol. The van der Waals surface area contributed by atoms with Gasteiger partial charge >= 0.3 is 10.8 Å². The van der Waals surface area contributed by atoms with Crippen LogP contribution in [0.1, 0.15) is 33.6 Å². The van der Waals surface area contributed by atoms with Gasteiger partial charge in [-0.1, -0.05) is 46.8 Å². The van der Waals surface area contributed by atoms with E-state index < -0.39 is 34.9 Å². The van der Waals surface area contributed by atoms with Crippen LogP contribution < -0.4 is 19.8 Å². The molecule has 0 spiro atoms. The van der Waals surface area contributed by atoms with Crippen LogP contribution in [-0.2, 0) is 25.7 Å². The summed E-state index contributed by atoms with van der Waals surface area (Å²) in [5.74, 6) is -2.48. The van der Waals surface area contributed by atoms with E-state index in [1.54, 1.807) is 62.6 Å². The Bertz CT molecular complexity index is 1850. The normalized spacial score (nSPS) is 18.7. The van der Waals surface area contributed by atoms with Crippen LogP contribution >= 0.6 is 34.7 Å². The second kappa shape index (κ2) is 12.5. The van der Waals surface area contributed by atoms with E-state index in [9.17, 15) is 24.0 Å². The second-order valence-electron chi connectivity index (χ2n) is 10.3. The molecule has 230 valence electrons. The van der Waals surface area contributed by atoms with Gasteiger partial charge in [-0.25, -0.2) is 9.69 Å². The molecule has 0 aliphatic carbocycles. The van der Waals surface area contributed by atoms with E-state index in [4.69, 9.17) is 21.1 Å². The van der Waals surface area contributed by atoms with Gasteiger partial charge in [0.1, 0.15) is 17.5 Å². The van der Waals surface area contributed by atoms with Gasteiger partial charge in [-0.3, -0.25) is 23.7 Å². The number of hydrogen-bond donors (Lipinski definition) is 1. The second-order valence-corrected chi connectivity index (χ2v) is 12.8. The lowest BCUT2D eigenvalue weighted by atomic mass is 9.83. The Morgan fingerprint density at radius 2 is 1.62 bits per heavy atom. The zero-order valence-electron chi connectivity index (χ0n) is 24.0. The number of rotatable bonds is 8. The van der Waals surface area contributed by atoms with Crippen LogP contribution in [0.15, 0.2) is 82.6 Å². The third-order valence-electron chi connectivity index (χ3n) is 7.59. The average Bonchev–Trinajstić information content (AvgIpc) is 3.48. The number of esters is 1. The van der Waals surface area contributed by atoms with E-state index in [0.717, 1.165) is 28.7 Å². The van der Waals surface area contributed by atoms with Crippen LogP contribution in [0.5, 0.6) is 5.75 Å². The van der Waals surface area contributed by atoms with Gasteiger partial charge in [-0.05, 0) is 73.2 Å². The summed E-state index contributed by atoms with van der Waals surface area (Å²) in [6, 6.07) is 19.9. The molecular formula is C32H26ClN3O7S2. The molecule has 10 nitrogen and oxygen atoms in total. The summed E-state index contributed by atoms with van der Waals surface area (Å²) in [4.78, 5) is 67.7. The SMILES string of the molecule is CCOC(=O)c1ccc(NC(=O)Cn2c3c(sc2=O)[C@@H](c2ccc(OC)cc2)[C@H]2C(=O)N(c4ccc(Cl)cc4)C(=O)[C@H]2S3)cc1. The lowest BCUT2D eigenvalue weighted by Crippen LogP contribution is -2.33. The predicted molar refractivity (Wildman–Crippen MR) is 172 cm³/mol. The first-order valence-corrected chi connectivity index (χ1v) is 16.0. The van der Waals surface area contributed by atoms with Gasteiger partial charge in [-0.15, -0.1) is 0 Å². The van der Waals surface area contributed by atoms with Gasteiger partial charge in [0.05, 0.1) is 35.9 Å². The quantitative estimate of drug-likeness (QED) is 0.202. The van der Waals surface area contributed by atoms with Gasteiger partial charge in [0.25, 0.3) is 0 Å². The molecule has 0 radical (unpaired) electrons. The number of benzene rings is 3. The maximum Gasteiger partial charge on any atom is 0.338 e. The minimum atomic E-state index is -0.827. The van der Waals surface area contributed by atoms with E-state index in [2.05, 4.69) is 5.32 Å². The van der Waals surface area contributed by atoms with Crippen molar-refractivity contribution in [1.82, 2.24) is 4.57 Å². The summed E-state index contributed by atoms with van der Waals surface area (Å²) < 4.78 is 11.7. The Kier molecular flexibility index (Phi) is 8.54. The molecule has 1 aromatic heterocycles. The van der Waals surface area contributed by atoms with Gasteiger partial charge in [0.2, 0.25) is 17.7 Å². The first-order chi connectivity index (χ1) is 21.7. The van der Waals surface area contributed by atoms with Gasteiger partial charge < -0.3 is 14.8 Å². The summed E-state index contributed by atoms with van der Waals surface area (Å²) in [5.41, 5.74) is 1.93. The first-order valence-electron chi connectivity index (χ1n) is 13.9. The van der Waals surface area contributed by atoms with E-state index in [0.29, 0.717) is 37.6 Å². The number of methoxy groups -OCH3 is 1. The third kappa shape index (κ3) is 5.76. The fraction of sp³-hybridized carbons (Fsp3) is 0.219. The molecule has 6 rings (SSSR count). The summed E-state index contributed by atoms with van der Waals surface area (Å²) in [5, 5.41) is 2.87. The molecule has 0 bridgehead atoms. The van der Waals surface area contributed by atoms with Crippen molar-refractivity contribution < 1.29 is 28.7 Å². The van der Waals surface area contributed by atoms with Gasteiger partial charge in [-0.2, -0.15) is 0 Å². The van der Waals surface area contributed by atoms with Crippen molar-refractivity contribution in [3.63, 3.8) is 0 Å². The molecule has 1 saturated heterocycles. The minimum Gasteiger partial charge on any atom is -0.497 e. The molecule has 3 atom stereocenters. The van der Waals surface area contributed by atoms with Crippen molar-refractivity contribution in [2.45, 2.75) is 29.7 Å². The molecule has 1 N–H and O–H groups in total. The number of ether oxygens (including phenoxy) is 2. The molecule has 1 fully saturated rings.